The number of carbonyl (C=O) groups excluding carboxylic acids is 1. The van der Waals surface area contributed by atoms with E-state index in [0.29, 0.717) is 5.92 Å². The van der Waals surface area contributed by atoms with E-state index in [9.17, 15) is 4.79 Å². The lowest BCUT2D eigenvalue weighted by Gasteiger charge is -2.52. The van der Waals surface area contributed by atoms with E-state index >= 15 is 0 Å². The van der Waals surface area contributed by atoms with Crippen LogP contribution in [0.4, 0.5) is 0 Å². The van der Waals surface area contributed by atoms with Gasteiger partial charge >= 0.3 is 5.97 Å². The van der Waals surface area contributed by atoms with E-state index in [4.69, 9.17) is 9.72 Å². The predicted molar refractivity (Wildman–Crippen MR) is 163 cm³/mol. The summed E-state index contributed by atoms with van der Waals surface area (Å²) in [4.78, 5) is 24.5. The number of para-hydroxylation sites is 2. The highest BCUT2D eigenvalue weighted by molar-refractivity contribution is 5.75. The highest BCUT2D eigenvalue weighted by Gasteiger charge is 2.53. The predicted octanol–water partition coefficient (Wildman–Crippen LogP) is 7.34. The van der Waals surface area contributed by atoms with Crippen LogP contribution < -0.4 is 0 Å². The number of aromatic nitrogens is 2. The molecule has 5 nitrogen and oxygen atoms in total. The minimum atomic E-state index is -0.411. The lowest BCUT2D eigenvalue weighted by Crippen LogP contribution is -2.52. The molecule has 3 aromatic carbocycles. The van der Waals surface area contributed by atoms with E-state index in [0.717, 1.165) is 68.6 Å². The molecule has 1 aliphatic heterocycles. The summed E-state index contributed by atoms with van der Waals surface area (Å²) >= 11 is 0. The van der Waals surface area contributed by atoms with Gasteiger partial charge in [0, 0.05) is 18.9 Å². The SMILES string of the molecule is CC(C)C(=O)O[C@@]1(CCN2CCC(c3ccccc3)(c3nc4ccccc4[nH]3)CC2)C[C@H]2CC[C@@H]1c1ccccc12. The Morgan fingerprint density at radius 3 is 2.41 bits per heavy atom. The van der Waals surface area contributed by atoms with Crippen LogP contribution in [0.15, 0.2) is 78.9 Å². The molecule has 3 atom stereocenters. The summed E-state index contributed by atoms with van der Waals surface area (Å²) in [6.45, 7) is 6.84. The maximum absolute atomic E-state index is 13.1. The summed E-state index contributed by atoms with van der Waals surface area (Å²) in [6, 6.07) is 28.2. The van der Waals surface area contributed by atoms with Gasteiger partial charge in [-0.05, 0) is 79.9 Å². The molecule has 2 fully saturated rings. The number of aromatic amines is 1. The molecule has 4 aliphatic rings. The molecule has 1 saturated heterocycles. The number of benzene rings is 3. The van der Waals surface area contributed by atoms with Gasteiger partial charge in [-0.2, -0.15) is 0 Å². The third-order valence-corrected chi connectivity index (χ3v) is 10.3. The Labute approximate surface area is 243 Å². The zero-order valence-electron chi connectivity index (χ0n) is 24.3. The van der Waals surface area contributed by atoms with E-state index in [1.165, 1.54) is 23.1 Å². The fourth-order valence-electron chi connectivity index (χ4n) is 8.06. The quantitative estimate of drug-likeness (QED) is 0.246. The standard InChI is InChI=1S/C36H41N3O2/c1-25(2)33(40)41-36(24-26-16-17-30(36)29-13-7-6-12-28(26)29)20-23-39-21-18-35(19-22-39,27-10-4-3-5-11-27)34-37-31-14-8-9-15-32(31)38-34/h3-15,25-26,30H,16-24H2,1-2H3,(H,37,38)/t26-,30-,36+/m1/s1. The van der Waals surface area contributed by atoms with Gasteiger partial charge in [0.2, 0.25) is 0 Å². The van der Waals surface area contributed by atoms with Gasteiger partial charge in [0.1, 0.15) is 11.4 Å². The Bertz CT molecular complexity index is 1500. The maximum atomic E-state index is 13.1. The molecule has 4 aromatic rings. The second-order valence-corrected chi connectivity index (χ2v) is 12.9. The number of H-pyrrole nitrogens is 1. The maximum Gasteiger partial charge on any atom is 0.308 e. The Morgan fingerprint density at radius 1 is 0.951 bits per heavy atom. The molecule has 41 heavy (non-hydrogen) atoms. The summed E-state index contributed by atoms with van der Waals surface area (Å²) in [6.07, 6.45) is 6.16. The van der Waals surface area contributed by atoms with Crippen molar-refractivity contribution < 1.29 is 9.53 Å². The van der Waals surface area contributed by atoms with Crippen molar-refractivity contribution in [3.63, 3.8) is 0 Å². The first-order valence-electron chi connectivity index (χ1n) is 15.5. The smallest absolute Gasteiger partial charge is 0.308 e. The van der Waals surface area contributed by atoms with Crippen LogP contribution in [-0.2, 0) is 14.9 Å². The van der Waals surface area contributed by atoms with Crippen molar-refractivity contribution in [2.75, 3.05) is 19.6 Å². The number of hydrogen-bond acceptors (Lipinski definition) is 4. The van der Waals surface area contributed by atoms with Crippen molar-refractivity contribution in [3.8, 4) is 0 Å². The first-order chi connectivity index (χ1) is 20.0. The van der Waals surface area contributed by atoms with E-state index in [1.54, 1.807) is 0 Å². The molecule has 3 aliphatic carbocycles. The summed E-state index contributed by atoms with van der Waals surface area (Å²) in [5.41, 5.74) is 5.81. The number of imidazole rings is 1. The van der Waals surface area contributed by atoms with Crippen LogP contribution in [0, 0.1) is 5.92 Å². The summed E-state index contributed by atoms with van der Waals surface area (Å²) in [7, 11) is 0. The van der Waals surface area contributed by atoms with Gasteiger partial charge < -0.3 is 14.6 Å². The first-order valence-corrected chi connectivity index (χ1v) is 15.5. The number of hydrogen-bond donors (Lipinski definition) is 1. The highest BCUT2D eigenvalue weighted by atomic mass is 16.6. The number of nitrogens with one attached hydrogen (secondary N) is 1. The molecule has 1 saturated carbocycles. The molecule has 1 N–H and O–H groups in total. The zero-order valence-corrected chi connectivity index (χ0v) is 24.3. The van der Waals surface area contributed by atoms with Gasteiger partial charge in [0.15, 0.2) is 0 Å². The summed E-state index contributed by atoms with van der Waals surface area (Å²) in [5, 5.41) is 0. The second kappa shape index (κ2) is 10.4. The monoisotopic (exact) mass is 547 g/mol. The number of esters is 1. The van der Waals surface area contributed by atoms with Crippen molar-refractivity contribution in [2.45, 2.75) is 75.2 Å². The number of fused-ring (bicyclic) bond motifs is 3. The van der Waals surface area contributed by atoms with E-state index in [-0.39, 0.29) is 23.2 Å². The van der Waals surface area contributed by atoms with Crippen LogP contribution in [0.2, 0.25) is 0 Å². The van der Waals surface area contributed by atoms with Gasteiger partial charge in [-0.15, -0.1) is 0 Å². The third kappa shape index (κ3) is 4.59. The molecule has 0 unspecified atom stereocenters. The van der Waals surface area contributed by atoms with Crippen molar-refractivity contribution in [3.05, 3.63) is 101 Å². The number of carbonyl (C=O) groups is 1. The van der Waals surface area contributed by atoms with Crippen LogP contribution in [-0.4, -0.2) is 46.1 Å². The number of rotatable bonds is 7. The lowest BCUT2D eigenvalue weighted by atomic mass is 9.58. The van der Waals surface area contributed by atoms with Crippen molar-refractivity contribution in [1.29, 1.82) is 0 Å². The second-order valence-electron chi connectivity index (χ2n) is 12.9. The van der Waals surface area contributed by atoms with Crippen LogP contribution in [0.5, 0.6) is 0 Å². The zero-order chi connectivity index (χ0) is 28.0. The Kier molecular flexibility index (Phi) is 6.73. The molecule has 2 heterocycles. The van der Waals surface area contributed by atoms with Crippen LogP contribution >= 0.6 is 0 Å². The Balaban J connectivity index is 1.13. The summed E-state index contributed by atoms with van der Waals surface area (Å²) in [5.74, 6) is 1.68. The molecule has 0 radical (unpaired) electrons. The van der Waals surface area contributed by atoms with Gasteiger partial charge in [0.05, 0.1) is 22.4 Å². The molecule has 5 heteroatoms. The molecule has 8 rings (SSSR count). The van der Waals surface area contributed by atoms with E-state index in [1.807, 2.05) is 13.8 Å². The summed E-state index contributed by atoms with van der Waals surface area (Å²) < 4.78 is 6.55. The molecular weight excluding hydrogens is 506 g/mol. The fourth-order valence-corrected chi connectivity index (χ4v) is 8.06. The van der Waals surface area contributed by atoms with E-state index < -0.39 is 5.60 Å². The van der Waals surface area contributed by atoms with Crippen LogP contribution in [0.3, 0.4) is 0 Å². The molecule has 2 bridgehead atoms. The molecule has 0 spiro atoms. The topological polar surface area (TPSA) is 58.2 Å². The number of ether oxygens (including phenoxy) is 1. The van der Waals surface area contributed by atoms with Crippen LogP contribution in [0.1, 0.15) is 86.7 Å². The number of piperidine rings is 1. The molecular formula is C36H41N3O2. The highest BCUT2D eigenvalue weighted by Crippen LogP contribution is 2.57. The van der Waals surface area contributed by atoms with Gasteiger partial charge in [-0.1, -0.05) is 80.6 Å². The molecule has 1 aromatic heterocycles. The number of likely N-dealkylation sites (tertiary alicyclic amines) is 1. The largest absolute Gasteiger partial charge is 0.458 e. The molecule has 0 amide bonds. The lowest BCUT2D eigenvalue weighted by molar-refractivity contribution is -0.174. The van der Waals surface area contributed by atoms with Gasteiger partial charge in [-0.25, -0.2) is 4.98 Å². The van der Waals surface area contributed by atoms with Gasteiger partial charge in [0.25, 0.3) is 0 Å². The van der Waals surface area contributed by atoms with Crippen molar-refractivity contribution in [1.82, 2.24) is 14.9 Å². The van der Waals surface area contributed by atoms with Crippen molar-refractivity contribution >= 4 is 17.0 Å². The fraction of sp³-hybridized carbons (Fsp3) is 0.444. The van der Waals surface area contributed by atoms with Crippen LogP contribution in [0.25, 0.3) is 11.0 Å². The first kappa shape index (κ1) is 26.5. The van der Waals surface area contributed by atoms with E-state index in [2.05, 4.69) is 88.7 Å². The third-order valence-electron chi connectivity index (χ3n) is 10.3. The molecule has 212 valence electrons. The minimum absolute atomic E-state index is 0.0540. The van der Waals surface area contributed by atoms with Crippen molar-refractivity contribution in [2.24, 2.45) is 5.92 Å². The average Bonchev–Trinajstić information content (AvgIpc) is 3.46. The number of nitrogens with zero attached hydrogens (tertiary/aromatic N) is 2. The Morgan fingerprint density at radius 2 is 1.66 bits per heavy atom. The minimum Gasteiger partial charge on any atom is -0.458 e. The average molecular weight is 548 g/mol. The Hall–Kier alpha value is -3.44. The normalized spacial score (nSPS) is 25.3. The van der Waals surface area contributed by atoms with Gasteiger partial charge in [-0.3, -0.25) is 4.79 Å².